The van der Waals surface area contributed by atoms with Crippen molar-refractivity contribution in [1.29, 1.82) is 0 Å². The maximum Gasteiger partial charge on any atom is 0.331 e. The summed E-state index contributed by atoms with van der Waals surface area (Å²) in [7, 11) is 1.92. The van der Waals surface area contributed by atoms with Crippen molar-refractivity contribution in [3.05, 3.63) is 94.2 Å². The lowest BCUT2D eigenvalue weighted by Gasteiger charge is -2.23. The van der Waals surface area contributed by atoms with Crippen LogP contribution < -0.4 is 4.90 Å². The molecule has 6 nitrogen and oxygen atoms in total. The van der Waals surface area contributed by atoms with E-state index >= 15 is 0 Å². The highest BCUT2D eigenvalue weighted by atomic mass is 35.5. The number of carbonyl (C=O) groups is 2. The minimum atomic E-state index is -0.677. The number of fused-ring (bicyclic) bond motifs is 1. The number of ether oxygens (including phenoxy) is 1. The van der Waals surface area contributed by atoms with Crippen LogP contribution in [0.2, 0.25) is 5.15 Å². The zero-order chi connectivity index (χ0) is 25.3. The molecule has 2 aromatic carbocycles. The molecular weight excluding hydrogens is 469 g/mol. The molecule has 1 aliphatic heterocycles. The molecule has 1 aromatic heterocycles. The van der Waals surface area contributed by atoms with E-state index < -0.39 is 5.97 Å². The topological polar surface area (TPSA) is 64.4 Å². The number of para-hydroxylation sites is 1. The van der Waals surface area contributed by atoms with E-state index in [2.05, 4.69) is 18.9 Å². The molecule has 2 heterocycles. The Kier molecular flexibility index (Phi) is 6.63. The summed E-state index contributed by atoms with van der Waals surface area (Å²) in [6, 6.07) is 13.7. The van der Waals surface area contributed by atoms with Gasteiger partial charge in [0.1, 0.15) is 11.0 Å². The number of likely N-dealkylation sites (N-methyl/N-ethyl adjacent to an activating group) is 1. The Morgan fingerprint density at radius 2 is 1.83 bits per heavy atom. The van der Waals surface area contributed by atoms with Gasteiger partial charge in [-0.1, -0.05) is 43.6 Å². The van der Waals surface area contributed by atoms with Gasteiger partial charge in [-0.15, -0.1) is 0 Å². The lowest BCUT2D eigenvalue weighted by molar-refractivity contribution is -0.141. The molecule has 0 atom stereocenters. The van der Waals surface area contributed by atoms with Crippen molar-refractivity contribution in [2.75, 3.05) is 18.6 Å². The van der Waals surface area contributed by atoms with Gasteiger partial charge in [0, 0.05) is 41.6 Å². The number of esters is 1. The van der Waals surface area contributed by atoms with Crippen molar-refractivity contribution in [1.82, 2.24) is 9.78 Å². The van der Waals surface area contributed by atoms with Crippen LogP contribution >= 0.6 is 11.6 Å². The molecule has 8 heteroatoms. The van der Waals surface area contributed by atoms with Gasteiger partial charge in [0.2, 0.25) is 0 Å². The Balaban J connectivity index is 1.42. The minimum absolute atomic E-state index is 0.269. The fourth-order valence-electron chi connectivity index (χ4n) is 4.25. The third-order valence-corrected chi connectivity index (χ3v) is 6.46. The number of hydrogen-bond donors (Lipinski definition) is 0. The van der Waals surface area contributed by atoms with E-state index in [0.717, 1.165) is 16.9 Å². The van der Waals surface area contributed by atoms with E-state index in [1.54, 1.807) is 19.1 Å². The molecule has 0 bridgehead atoms. The second-order valence-corrected chi connectivity index (χ2v) is 9.17. The smallest absolute Gasteiger partial charge is 0.331 e. The van der Waals surface area contributed by atoms with Crippen LogP contribution in [0.3, 0.4) is 0 Å². The van der Waals surface area contributed by atoms with Crippen LogP contribution in [0.5, 0.6) is 0 Å². The number of carbonyl (C=O) groups excluding carboxylic acids is 2. The molecule has 0 N–H and O–H groups in total. The summed E-state index contributed by atoms with van der Waals surface area (Å²) in [6.07, 6.45) is 4.22. The SMILES string of the molecule is Cc1nn(-c2ccc(F)cc2)c(Cl)c1/C=C/C(=O)OCC(=O)/C=C1\N(C)c2ccccc2C1(C)C. The van der Waals surface area contributed by atoms with Crippen LogP contribution in [0.4, 0.5) is 10.1 Å². The van der Waals surface area contributed by atoms with Crippen LogP contribution in [0.1, 0.15) is 30.7 Å². The van der Waals surface area contributed by atoms with E-state index in [9.17, 15) is 14.0 Å². The van der Waals surface area contributed by atoms with Gasteiger partial charge in [-0.25, -0.2) is 13.9 Å². The van der Waals surface area contributed by atoms with Crippen LogP contribution in [0.25, 0.3) is 11.8 Å². The molecule has 0 fully saturated rings. The molecule has 0 aliphatic carbocycles. The number of hydrogen-bond acceptors (Lipinski definition) is 5. The van der Waals surface area contributed by atoms with Crippen molar-refractivity contribution in [2.24, 2.45) is 0 Å². The predicted octanol–water partition coefficient (Wildman–Crippen LogP) is 5.41. The maximum atomic E-state index is 13.2. The van der Waals surface area contributed by atoms with Crippen LogP contribution in [-0.4, -0.2) is 35.2 Å². The summed E-state index contributed by atoms with van der Waals surface area (Å²) in [6.45, 7) is 5.47. The molecule has 0 amide bonds. The van der Waals surface area contributed by atoms with Crippen LogP contribution in [0.15, 0.2) is 66.4 Å². The van der Waals surface area contributed by atoms with Crippen LogP contribution in [-0.2, 0) is 19.7 Å². The quantitative estimate of drug-likeness (QED) is 0.339. The Bertz CT molecular complexity index is 1360. The molecule has 0 spiro atoms. The molecule has 3 aromatic rings. The number of allylic oxidation sites excluding steroid dienone is 1. The van der Waals surface area contributed by atoms with E-state index in [-0.39, 0.29) is 28.8 Å². The maximum absolute atomic E-state index is 13.2. The summed E-state index contributed by atoms with van der Waals surface area (Å²) >= 11 is 6.43. The third kappa shape index (κ3) is 4.77. The Morgan fingerprint density at radius 3 is 2.51 bits per heavy atom. The van der Waals surface area contributed by atoms with E-state index in [4.69, 9.17) is 16.3 Å². The summed E-state index contributed by atoms with van der Waals surface area (Å²) < 4.78 is 19.8. The summed E-state index contributed by atoms with van der Waals surface area (Å²) in [4.78, 5) is 26.8. The molecule has 1 aliphatic rings. The highest BCUT2D eigenvalue weighted by molar-refractivity contribution is 6.31. The lowest BCUT2D eigenvalue weighted by Crippen LogP contribution is -2.25. The standard InChI is InChI=1S/C27H25ClFN3O3/c1-17-21(26(28)32(30-17)19-11-9-18(29)10-12-19)13-14-25(34)35-16-20(33)15-24-27(2,3)22-7-5-6-8-23(22)31(24)4/h5-15H,16H2,1-4H3/b14-13+,24-15-. The number of anilines is 1. The number of benzene rings is 2. The third-order valence-electron chi connectivity index (χ3n) is 6.10. The van der Waals surface area contributed by atoms with Crippen molar-refractivity contribution in [3.8, 4) is 5.69 Å². The Labute approximate surface area is 208 Å². The zero-order valence-electron chi connectivity index (χ0n) is 19.9. The molecule has 180 valence electrons. The van der Waals surface area contributed by atoms with Crippen LogP contribution in [0, 0.1) is 12.7 Å². The summed E-state index contributed by atoms with van der Waals surface area (Å²) in [5.41, 5.74) is 4.36. The first-order valence-electron chi connectivity index (χ1n) is 11.0. The highest BCUT2D eigenvalue weighted by Crippen LogP contribution is 2.46. The number of aryl methyl sites for hydroxylation is 1. The van der Waals surface area contributed by atoms with E-state index in [1.165, 1.54) is 35.0 Å². The molecule has 35 heavy (non-hydrogen) atoms. The van der Waals surface area contributed by atoms with E-state index in [0.29, 0.717) is 16.9 Å². The zero-order valence-corrected chi connectivity index (χ0v) is 20.6. The number of ketones is 1. The van der Waals surface area contributed by atoms with Gasteiger partial charge < -0.3 is 9.64 Å². The molecule has 0 saturated heterocycles. The Hall–Kier alpha value is -3.71. The average molecular weight is 494 g/mol. The van der Waals surface area contributed by atoms with Crippen molar-refractivity contribution in [3.63, 3.8) is 0 Å². The van der Waals surface area contributed by atoms with Gasteiger partial charge in [0.05, 0.1) is 11.4 Å². The van der Waals surface area contributed by atoms with Crippen molar-refractivity contribution in [2.45, 2.75) is 26.2 Å². The minimum Gasteiger partial charge on any atom is -0.454 e. The Morgan fingerprint density at radius 1 is 1.14 bits per heavy atom. The number of aromatic nitrogens is 2. The number of nitrogens with zero attached hydrogens (tertiary/aromatic N) is 3. The molecule has 0 radical (unpaired) electrons. The van der Waals surface area contributed by atoms with Gasteiger partial charge in [-0.2, -0.15) is 5.10 Å². The van der Waals surface area contributed by atoms with Gasteiger partial charge in [0.15, 0.2) is 12.4 Å². The van der Waals surface area contributed by atoms with Crippen molar-refractivity contribution < 1.29 is 18.7 Å². The monoisotopic (exact) mass is 493 g/mol. The second-order valence-electron chi connectivity index (χ2n) is 8.82. The molecule has 0 saturated carbocycles. The van der Waals surface area contributed by atoms with Gasteiger partial charge in [-0.3, -0.25) is 4.79 Å². The first-order valence-corrected chi connectivity index (χ1v) is 11.4. The fraction of sp³-hybridized carbons (Fsp3) is 0.222. The predicted molar refractivity (Wildman–Crippen MR) is 134 cm³/mol. The lowest BCUT2D eigenvalue weighted by atomic mass is 9.83. The summed E-state index contributed by atoms with van der Waals surface area (Å²) in [5.74, 6) is -1.36. The number of rotatable bonds is 6. The summed E-state index contributed by atoms with van der Waals surface area (Å²) in [5, 5.41) is 4.62. The molecule has 0 unspecified atom stereocenters. The average Bonchev–Trinajstić information content (AvgIpc) is 3.22. The fourth-order valence-corrected chi connectivity index (χ4v) is 4.58. The largest absolute Gasteiger partial charge is 0.454 e. The first-order chi connectivity index (χ1) is 16.6. The van der Waals surface area contributed by atoms with Crippen molar-refractivity contribution >= 4 is 35.1 Å². The normalized spacial score (nSPS) is 15.6. The number of halogens is 2. The first kappa shape index (κ1) is 24.4. The highest BCUT2D eigenvalue weighted by Gasteiger charge is 2.38. The van der Waals surface area contributed by atoms with E-state index in [1.807, 2.05) is 36.2 Å². The molecule has 4 rings (SSSR count). The molecular formula is C27H25ClFN3O3. The van der Waals surface area contributed by atoms with Gasteiger partial charge >= 0.3 is 5.97 Å². The van der Waals surface area contributed by atoms with Gasteiger partial charge in [-0.05, 0) is 48.9 Å². The van der Waals surface area contributed by atoms with Gasteiger partial charge in [0.25, 0.3) is 0 Å². The second kappa shape index (κ2) is 9.50.